The van der Waals surface area contributed by atoms with Crippen molar-refractivity contribution in [2.24, 2.45) is 23.5 Å². The Morgan fingerprint density at radius 1 is 1.08 bits per heavy atom. The van der Waals surface area contributed by atoms with Crippen LogP contribution >= 0.6 is 0 Å². The SMILES string of the molecule is NC1C2CCCC1CC(C(=O)NCc1cccc(CN3CCCC3)c1)C2. The van der Waals surface area contributed by atoms with Crippen LogP contribution < -0.4 is 11.1 Å². The van der Waals surface area contributed by atoms with E-state index in [-0.39, 0.29) is 11.8 Å². The molecule has 1 aliphatic heterocycles. The van der Waals surface area contributed by atoms with Crippen LogP contribution in [-0.2, 0) is 17.9 Å². The van der Waals surface area contributed by atoms with E-state index < -0.39 is 0 Å². The van der Waals surface area contributed by atoms with E-state index >= 15 is 0 Å². The molecular weight excluding hydrogens is 322 g/mol. The molecule has 2 bridgehead atoms. The minimum atomic E-state index is 0.165. The molecular formula is C22H33N3O. The van der Waals surface area contributed by atoms with Gasteiger partial charge in [0.05, 0.1) is 0 Å². The quantitative estimate of drug-likeness (QED) is 0.853. The van der Waals surface area contributed by atoms with Crippen LogP contribution in [0.15, 0.2) is 24.3 Å². The maximum atomic E-state index is 12.7. The number of likely N-dealkylation sites (tertiary alicyclic amines) is 1. The molecule has 0 aromatic heterocycles. The van der Waals surface area contributed by atoms with Crippen molar-refractivity contribution in [3.63, 3.8) is 0 Å². The predicted octanol–water partition coefficient (Wildman–Crippen LogP) is 3.05. The fraction of sp³-hybridized carbons (Fsp3) is 0.682. The highest BCUT2D eigenvalue weighted by molar-refractivity contribution is 5.78. The maximum absolute atomic E-state index is 12.7. The summed E-state index contributed by atoms with van der Waals surface area (Å²) in [4.78, 5) is 15.2. The zero-order chi connectivity index (χ0) is 17.9. The lowest BCUT2D eigenvalue weighted by molar-refractivity contribution is -0.128. The van der Waals surface area contributed by atoms with E-state index in [1.54, 1.807) is 0 Å². The van der Waals surface area contributed by atoms with Gasteiger partial charge in [-0.1, -0.05) is 30.7 Å². The molecule has 3 aliphatic rings. The van der Waals surface area contributed by atoms with Crippen molar-refractivity contribution < 1.29 is 4.79 Å². The first-order valence-electron chi connectivity index (χ1n) is 10.5. The number of hydrogen-bond acceptors (Lipinski definition) is 3. The molecule has 1 aromatic carbocycles. The fourth-order valence-corrected chi connectivity index (χ4v) is 5.37. The largest absolute Gasteiger partial charge is 0.352 e. The number of rotatable bonds is 5. The second kappa shape index (κ2) is 8.10. The number of nitrogens with one attached hydrogen (secondary N) is 1. The van der Waals surface area contributed by atoms with E-state index in [4.69, 9.17) is 5.73 Å². The van der Waals surface area contributed by atoms with Gasteiger partial charge in [-0.15, -0.1) is 0 Å². The zero-order valence-corrected chi connectivity index (χ0v) is 15.8. The van der Waals surface area contributed by atoms with E-state index in [1.165, 1.54) is 56.3 Å². The van der Waals surface area contributed by atoms with Crippen LogP contribution in [0.2, 0.25) is 0 Å². The third-order valence-electron chi connectivity index (χ3n) is 6.85. The van der Waals surface area contributed by atoms with Crippen LogP contribution in [-0.4, -0.2) is 29.9 Å². The first kappa shape index (κ1) is 18.0. The van der Waals surface area contributed by atoms with Gasteiger partial charge in [-0.25, -0.2) is 0 Å². The number of hydrogen-bond donors (Lipinski definition) is 2. The summed E-state index contributed by atoms with van der Waals surface area (Å²) < 4.78 is 0. The van der Waals surface area contributed by atoms with Gasteiger partial charge in [0.15, 0.2) is 0 Å². The van der Waals surface area contributed by atoms with Crippen LogP contribution in [0, 0.1) is 17.8 Å². The summed E-state index contributed by atoms with van der Waals surface area (Å²) in [6.45, 7) is 4.11. The van der Waals surface area contributed by atoms with Crippen LogP contribution in [0.5, 0.6) is 0 Å². The average Bonchev–Trinajstić information content (AvgIpc) is 3.13. The molecule has 0 radical (unpaired) electrons. The third-order valence-corrected chi connectivity index (χ3v) is 6.85. The summed E-state index contributed by atoms with van der Waals surface area (Å²) in [6, 6.07) is 9.03. The first-order valence-corrected chi connectivity index (χ1v) is 10.5. The summed E-state index contributed by atoms with van der Waals surface area (Å²) >= 11 is 0. The van der Waals surface area contributed by atoms with Gasteiger partial charge in [0.25, 0.3) is 0 Å². The smallest absolute Gasteiger partial charge is 0.223 e. The van der Waals surface area contributed by atoms with E-state index in [0.717, 1.165) is 19.4 Å². The summed E-state index contributed by atoms with van der Waals surface area (Å²) in [5.41, 5.74) is 8.93. The van der Waals surface area contributed by atoms with E-state index in [9.17, 15) is 4.79 Å². The standard InChI is InChI=1S/C22H33N3O/c23-21-18-7-4-8-19(21)13-20(12-18)22(26)24-14-16-5-3-6-17(11-16)15-25-9-1-2-10-25/h3,5-6,11,18-21H,1-2,4,7-10,12-15,23H2,(H,24,26). The van der Waals surface area contributed by atoms with Gasteiger partial charge in [-0.05, 0) is 74.6 Å². The Bertz CT molecular complexity index is 612. The monoisotopic (exact) mass is 355 g/mol. The zero-order valence-electron chi connectivity index (χ0n) is 15.8. The van der Waals surface area contributed by atoms with Crippen molar-refractivity contribution >= 4 is 5.91 Å². The lowest BCUT2D eigenvalue weighted by atomic mass is 9.65. The molecule has 1 heterocycles. The van der Waals surface area contributed by atoms with Gasteiger partial charge >= 0.3 is 0 Å². The Kier molecular flexibility index (Phi) is 5.60. The van der Waals surface area contributed by atoms with Crippen molar-refractivity contribution in [1.29, 1.82) is 0 Å². The van der Waals surface area contributed by atoms with Crippen molar-refractivity contribution in [2.45, 2.75) is 64.1 Å². The molecule has 3 fully saturated rings. The second-order valence-electron chi connectivity index (χ2n) is 8.72. The highest BCUT2D eigenvalue weighted by atomic mass is 16.1. The lowest BCUT2D eigenvalue weighted by Crippen LogP contribution is -2.49. The summed E-state index contributed by atoms with van der Waals surface area (Å²) in [6.07, 6.45) is 8.32. The number of carbonyl (C=O) groups is 1. The molecule has 2 unspecified atom stereocenters. The second-order valence-corrected chi connectivity index (χ2v) is 8.72. The number of benzene rings is 1. The van der Waals surface area contributed by atoms with E-state index in [1.807, 2.05) is 0 Å². The van der Waals surface area contributed by atoms with Crippen molar-refractivity contribution in [3.8, 4) is 0 Å². The molecule has 26 heavy (non-hydrogen) atoms. The number of amides is 1. The molecule has 4 nitrogen and oxygen atoms in total. The molecule has 2 atom stereocenters. The number of fused-ring (bicyclic) bond motifs is 2. The van der Waals surface area contributed by atoms with Gasteiger partial charge in [0.1, 0.15) is 0 Å². The highest BCUT2D eigenvalue weighted by Crippen LogP contribution is 2.41. The van der Waals surface area contributed by atoms with Gasteiger partial charge in [0, 0.05) is 25.0 Å². The van der Waals surface area contributed by atoms with E-state index in [0.29, 0.717) is 24.4 Å². The number of nitrogens with zero attached hydrogens (tertiary/aromatic N) is 1. The van der Waals surface area contributed by atoms with Crippen LogP contribution in [0.4, 0.5) is 0 Å². The summed E-state index contributed by atoms with van der Waals surface area (Å²) in [5.74, 6) is 1.51. The van der Waals surface area contributed by atoms with Gasteiger partial charge in [-0.3, -0.25) is 9.69 Å². The Labute approximate surface area is 157 Å². The number of carbonyl (C=O) groups excluding carboxylic acids is 1. The average molecular weight is 356 g/mol. The molecule has 4 heteroatoms. The van der Waals surface area contributed by atoms with Crippen LogP contribution in [0.1, 0.15) is 56.1 Å². The van der Waals surface area contributed by atoms with Crippen LogP contribution in [0.25, 0.3) is 0 Å². The molecule has 2 aliphatic carbocycles. The Morgan fingerprint density at radius 3 is 2.50 bits per heavy atom. The summed E-state index contributed by atoms with van der Waals surface area (Å²) in [5, 5.41) is 3.20. The molecule has 142 valence electrons. The molecule has 1 aromatic rings. The third kappa shape index (κ3) is 4.12. The Balaban J connectivity index is 1.30. The fourth-order valence-electron chi connectivity index (χ4n) is 5.37. The van der Waals surface area contributed by atoms with Gasteiger partial charge in [-0.2, -0.15) is 0 Å². The summed E-state index contributed by atoms with van der Waals surface area (Å²) in [7, 11) is 0. The van der Waals surface area contributed by atoms with E-state index in [2.05, 4.69) is 34.5 Å². The first-order chi connectivity index (χ1) is 12.7. The Hall–Kier alpha value is -1.39. The molecule has 2 saturated carbocycles. The van der Waals surface area contributed by atoms with Gasteiger partial charge < -0.3 is 11.1 Å². The predicted molar refractivity (Wildman–Crippen MR) is 104 cm³/mol. The lowest BCUT2D eigenvalue weighted by Gasteiger charge is -2.43. The maximum Gasteiger partial charge on any atom is 0.223 e. The minimum Gasteiger partial charge on any atom is -0.352 e. The molecule has 3 N–H and O–H groups in total. The molecule has 0 spiro atoms. The highest BCUT2D eigenvalue weighted by Gasteiger charge is 2.40. The topological polar surface area (TPSA) is 58.4 Å². The molecule has 1 saturated heterocycles. The normalized spacial score (nSPS) is 31.7. The van der Waals surface area contributed by atoms with Gasteiger partial charge in [0.2, 0.25) is 5.91 Å². The minimum absolute atomic E-state index is 0.165. The van der Waals surface area contributed by atoms with Crippen molar-refractivity contribution in [3.05, 3.63) is 35.4 Å². The molecule has 4 rings (SSSR count). The van der Waals surface area contributed by atoms with Crippen molar-refractivity contribution in [1.82, 2.24) is 10.2 Å². The van der Waals surface area contributed by atoms with Crippen molar-refractivity contribution in [2.75, 3.05) is 13.1 Å². The number of nitrogens with two attached hydrogens (primary N) is 1. The molecule has 1 amide bonds. The van der Waals surface area contributed by atoms with Crippen LogP contribution in [0.3, 0.4) is 0 Å². The Morgan fingerprint density at radius 2 is 1.77 bits per heavy atom.